The summed E-state index contributed by atoms with van der Waals surface area (Å²) in [6.07, 6.45) is 0.192. The zero-order chi connectivity index (χ0) is 6.85. The van der Waals surface area contributed by atoms with E-state index in [9.17, 15) is 8.78 Å². The first-order valence-electron chi connectivity index (χ1n) is 2.19. The molecule has 0 fully saturated rings. The van der Waals surface area contributed by atoms with Gasteiger partial charge in [-0.15, -0.1) is 0 Å². The Hall–Kier alpha value is -0.450. The van der Waals surface area contributed by atoms with Crippen molar-refractivity contribution < 1.29 is 8.78 Å². The molecule has 0 aliphatic heterocycles. The van der Waals surface area contributed by atoms with Crippen LogP contribution in [0.3, 0.4) is 0 Å². The summed E-state index contributed by atoms with van der Waals surface area (Å²) < 4.78 is 24.6. The molecule has 0 aromatic carbocycles. The van der Waals surface area contributed by atoms with E-state index >= 15 is 0 Å². The van der Waals surface area contributed by atoms with Gasteiger partial charge in [-0.1, -0.05) is 0 Å². The van der Waals surface area contributed by atoms with Crippen molar-refractivity contribution in [2.24, 2.45) is 0 Å². The van der Waals surface area contributed by atoms with Gasteiger partial charge in [0.2, 0.25) is 0 Å². The van der Waals surface area contributed by atoms with Crippen molar-refractivity contribution in [2.75, 3.05) is 0 Å². The predicted molar refractivity (Wildman–Crippen MR) is 31.5 cm³/mol. The molecule has 5 heteroatoms. The Balaban J connectivity index is 2.94. The molecular weight excluding hydrogens is 194 g/mol. The minimum Gasteiger partial charge on any atom is -0.265 e. The number of hydrogen-bond acceptors (Lipinski definition) is 1. The number of hydrogen-bond donors (Lipinski definition) is 0. The summed E-state index contributed by atoms with van der Waals surface area (Å²) >= 11 is 2.84. The minimum atomic E-state index is -2.51. The second-order valence-electron chi connectivity index (χ2n) is 1.40. The standard InChI is InChI=1S/C4H3BrF2N2/c5-9-2-1-8-4(9)3(6)7/h1-3H. The van der Waals surface area contributed by atoms with Gasteiger partial charge in [0.25, 0.3) is 6.43 Å². The van der Waals surface area contributed by atoms with Crippen molar-refractivity contribution in [3.05, 3.63) is 18.2 Å². The van der Waals surface area contributed by atoms with E-state index in [0.29, 0.717) is 0 Å². The number of halogens is 3. The van der Waals surface area contributed by atoms with Crippen LogP contribution in [0.25, 0.3) is 0 Å². The summed E-state index contributed by atoms with van der Waals surface area (Å²) in [5.74, 6) is -0.269. The first-order valence-corrected chi connectivity index (χ1v) is 2.90. The Bertz CT molecular complexity index is 198. The highest BCUT2D eigenvalue weighted by Gasteiger charge is 2.11. The smallest absolute Gasteiger partial charge is 0.265 e. The molecule has 0 amide bonds. The molecule has 0 saturated carbocycles. The maximum Gasteiger partial charge on any atom is 0.296 e. The first-order chi connectivity index (χ1) is 4.22. The maximum absolute atomic E-state index is 11.7. The molecule has 0 radical (unpaired) electrons. The fraction of sp³-hybridized carbons (Fsp3) is 0.250. The van der Waals surface area contributed by atoms with Crippen LogP contribution in [0.5, 0.6) is 0 Å². The van der Waals surface area contributed by atoms with Gasteiger partial charge in [-0.25, -0.2) is 13.8 Å². The molecule has 0 aliphatic rings. The van der Waals surface area contributed by atoms with E-state index in [1.54, 1.807) is 0 Å². The van der Waals surface area contributed by atoms with Gasteiger partial charge in [0, 0.05) is 12.4 Å². The van der Waals surface area contributed by atoms with E-state index < -0.39 is 6.43 Å². The van der Waals surface area contributed by atoms with Crippen molar-refractivity contribution in [2.45, 2.75) is 6.43 Å². The fourth-order valence-electron chi connectivity index (χ4n) is 0.449. The molecule has 1 heterocycles. The Labute approximate surface area is 58.8 Å². The van der Waals surface area contributed by atoms with Gasteiger partial charge in [-0.2, -0.15) is 0 Å². The lowest BCUT2D eigenvalue weighted by Crippen LogP contribution is -1.90. The largest absolute Gasteiger partial charge is 0.296 e. The van der Waals surface area contributed by atoms with E-state index in [-0.39, 0.29) is 5.82 Å². The third-order valence-electron chi connectivity index (χ3n) is 0.818. The summed E-state index contributed by atoms with van der Waals surface area (Å²) in [7, 11) is 0. The molecule has 0 N–H and O–H groups in total. The van der Waals surface area contributed by atoms with E-state index in [1.165, 1.54) is 12.4 Å². The molecule has 0 unspecified atom stereocenters. The highest BCUT2D eigenvalue weighted by atomic mass is 79.9. The van der Waals surface area contributed by atoms with Gasteiger partial charge in [0.1, 0.15) is 0 Å². The molecule has 50 valence electrons. The molecule has 0 spiro atoms. The Morgan fingerprint density at radius 1 is 1.67 bits per heavy atom. The quantitative estimate of drug-likeness (QED) is 0.672. The van der Waals surface area contributed by atoms with E-state index in [1.807, 2.05) is 0 Å². The van der Waals surface area contributed by atoms with Crippen LogP contribution in [0.1, 0.15) is 12.2 Å². The van der Waals surface area contributed by atoms with Crippen molar-refractivity contribution in [3.8, 4) is 0 Å². The zero-order valence-corrected chi connectivity index (χ0v) is 5.85. The Kier molecular flexibility index (Phi) is 1.80. The van der Waals surface area contributed by atoms with Gasteiger partial charge in [-0.05, 0) is 0 Å². The van der Waals surface area contributed by atoms with Gasteiger partial charge in [0.05, 0.1) is 16.1 Å². The topological polar surface area (TPSA) is 17.8 Å². The third-order valence-corrected chi connectivity index (χ3v) is 1.42. The monoisotopic (exact) mass is 196 g/mol. The SMILES string of the molecule is FC(F)c1nccn1Br. The summed E-state index contributed by atoms with van der Waals surface area (Å²) in [5, 5.41) is 0. The van der Waals surface area contributed by atoms with Crippen LogP contribution in [-0.2, 0) is 0 Å². The number of nitrogens with zero attached hydrogens (tertiary/aromatic N) is 2. The normalized spacial score (nSPS) is 10.7. The van der Waals surface area contributed by atoms with Crippen molar-refractivity contribution in [1.29, 1.82) is 0 Å². The lowest BCUT2D eigenvalue weighted by molar-refractivity contribution is 0.140. The molecule has 1 rings (SSSR count). The summed E-state index contributed by atoms with van der Waals surface area (Å²) in [6, 6.07) is 0. The lowest BCUT2D eigenvalue weighted by atomic mass is 10.7. The Morgan fingerprint density at radius 2 is 2.33 bits per heavy atom. The maximum atomic E-state index is 11.7. The van der Waals surface area contributed by atoms with Crippen LogP contribution < -0.4 is 0 Å². The molecule has 0 atom stereocenters. The number of aromatic nitrogens is 2. The molecule has 1 aromatic rings. The molecule has 1 aromatic heterocycles. The summed E-state index contributed by atoms with van der Waals surface area (Å²) in [6.45, 7) is 0. The molecule has 2 nitrogen and oxygen atoms in total. The molecule has 0 bridgehead atoms. The minimum absolute atomic E-state index is 0.269. The average molecular weight is 197 g/mol. The van der Waals surface area contributed by atoms with Gasteiger partial charge < -0.3 is 0 Å². The number of alkyl halides is 2. The van der Waals surface area contributed by atoms with Crippen LogP contribution >= 0.6 is 16.1 Å². The molecule has 9 heavy (non-hydrogen) atoms. The zero-order valence-electron chi connectivity index (χ0n) is 4.26. The van der Waals surface area contributed by atoms with Crippen LogP contribution in [-0.4, -0.2) is 8.58 Å². The highest BCUT2D eigenvalue weighted by Crippen LogP contribution is 2.17. The van der Waals surface area contributed by atoms with Crippen molar-refractivity contribution >= 4 is 16.1 Å². The number of rotatable bonds is 1. The molecule has 0 aliphatic carbocycles. The second-order valence-corrected chi connectivity index (χ2v) is 2.16. The van der Waals surface area contributed by atoms with Crippen molar-refractivity contribution in [1.82, 2.24) is 8.58 Å². The second kappa shape index (κ2) is 2.43. The molecule has 0 saturated heterocycles. The van der Waals surface area contributed by atoms with Crippen LogP contribution in [0, 0.1) is 0 Å². The average Bonchev–Trinajstić information content (AvgIpc) is 2.13. The number of imidazole rings is 1. The summed E-state index contributed by atoms with van der Waals surface area (Å²) in [4.78, 5) is 3.38. The van der Waals surface area contributed by atoms with Gasteiger partial charge >= 0.3 is 0 Å². The summed E-state index contributed by atoms with van der Waals surface area (Å²) in [5.41, 5.74) is 0. The van der Waals surface area contributed by atoms with Crippen LogP contribution in [0.2, 0.25) is 0 Å². The molecular formula is C4H3BrF2N2. The Morgan fingerprint density at radius 3 is 2.56 bits per heavy atom. The van der Waals surface area contributed by atoms with E-state index in [4.69, 9.17) is 0 Å². The fourth-order valence-corrected chi connectivity index (χ4v) is 0.801. The van der Waals surface area contributed by atoms with E-state index in [2.05, 4.69) is 21.1 Å². The lowest BCUT2D eigenvalue weighted by Gasteiger charge is -1.94. The van der Waals surface area contributed by atoms with Crippen LogP contribution in [0.15, 0.2) is 12.4 Å². The van der Waals surface area contributed by atoms with Crippen LogP contribution in [0.4, 0.5) is 8.78 Å². The first kappa shape index (κ1) is 6.67. The van der Waals surface area contributed by atoms with Gasteiger partial charge in [-0.3, -0.25) is 3.59 Å². The van der Waals surface area contributed by atoms with E-state index in [0.717, 1.165) is 3.59 Å². The van der Waals surface area contributed by atoms with Crippen molar-refractivity contribution in [3.63, 3.8) is 0 Å². The van der Waals surface area contributed by atoms with Gasteiger partial charge in [0.15, 0.2) is 5.82 Å². The third kappa shape index (κ3) is 1.27. The highest BCUT2D eigenvalue weighted by molar-refractivity contribution is 9.08. The predicted octanol–water partition coefficient (Wildman–Crippen LogP) is 1.98.